The molecule has 1 aliphatic carbocycles. The molecule has 0 aromatic carbocycles. The minimum atomic E-state index is 0.454. The molecule has 0 amide bonds. The van der Waals surface area contributed by atoms with Gasteiger partial charge in [0.15, 0.2) is 0 Å². The van der Waals surface area contributed by atoms with Crippen molar-refractivity contribution < 1.29 is 0 Å². The van der Waals surface area contributed by atoms with E-state index in [0.29, 0.717) is 10.2 Å². The average Bonchev–Trinajstić information content (AvgIpc) is 2.16. The van der Waals surface area contributed by atoms with Gasteiger partial charge in [0.05, 0.1) is 0 Å². The highest BCUT2D eigenvalue weighted by molar-refractivity contribution is 6.34. The summed E-state index contributed by atoms with van der Waals surface area (Å²) in [6.07, 6.45) is 5.90. The van der Waals surface area contributed by atoms with Crippen molar-refractivity contribution in [3.05, 3.63) is 28.0 Å². The number of hydrogen-bond acceptors (Lipinski definition) is 2. The van der Waals surface area contributed by atoms with Gasteiger partial charge < -0.3 is 4.90 Å². The molecular formula is C12H16Cl2N2. The molecule has 0 aliphatic heterocycles. The Morgan fingerprint density at radius 3 is 2.75 bits per heavy atom. The first kappa shape index (κ1) is 12.2. The average molecular weight is 259 g/mol. The Kier molecular flexibility index (Phi) is 4.06. The van der Waals surface area contributed by atoms with Crippen molar-refractivity contribution in [3.63, 3.8) is 0 Å². The Labute approximate surface area is 107 Å². The Hall–Kier alpha value is -0.310. The van der Waals surface area contributed by atoms with Crippen molar-refractivity contribution in [3.8, 4) is 0 Å². The van der Waals surface area contributed by atoms with Gasteiger partial charge in [-0.15, -0.1) is 0 Å². The smallest absolute Gasteiger partial charge is 0.130 e. The summed E-state index contributed by atoms with van der Waals surface area (Å²) in [6.45, 7) is 2.00. The van der Waals surface area contributed by atoms with E-state index >= 15 is 0 Å². The molecule has 1 saturated carbocycles. The quantitative estimate of drug-likeness (QED) is 0.768. The maximum atomic E-state index is 6.11. The Balaban J connectivity index is 1.91. The number of pyridine rings is 1. The van der Waals surface area contributed by atoms with Gasteiger partial charge in [-0.1, -0.05) is 29.6 Å². The lowest BCUT2D eigenvalue weighted by Gasteiger charge is -2.30. The van der Waals surface area contributed by atoms with E-state index in [2.05, 4.69) is 16.9 Å². The molecule has 4 heteroatoms. The summed E-state index contributed by atoms with van der Waals surface area (Å²) < 4.78 is 0. The third-order valence-corrected chi connectivity index (χ3v) is 3.69. The third kappa shape index (κ3) is 3.09. The van der Waals surface area contributed by atoms with E-state index in [9.17, 15) is 0 Å². The normalized spacial score (nSPS) is 16.5. The Bertz CT molecular complexity index is 364. The highest BCUT2D eigenvalue weighted by Gasteiger charge is 2.19. The summed E-state index contributed by atoms with van der Waals surface area (Å²) in [4.78, 5) is 6.37. The molecule has 1 aromatic rings. The van der Waals surface area contributed by atoms with Crippen LogP contribution in [0.25, 0.3) is 0 Å². The lowest BCUT2D eigenvalue weighted by Crippen LogP contribution is -2.29. The van der Waals surface area contributed by atoms with Crippen molar-refractivity contribution in [2.24, 2.45) is 5.92 Å². The summed E-state index contributed by atoms with van der Waals surface area (Å²) >= 11 is 11.9. The standard InChI is InChI=1S/C12H16Cl2N2/c1-16(7-9-3-2-4-9)8-10-6-15-12(14)5-11(10)13/h5-6,9H,2-4,7-8H2,1H3. The zero-order valence-corrected chi connectivity index (χ0v) is 10.9. The molecule has 1 fully saturated rings. The molecule has 2 nitrogen and oxygen atoms in total. The lowest BCUT2D eigenvalue weighted by atomic mass is 9.85. The monoisotopic (exact) mass is 258 g/mol. The molecule has 0 N–H and O–H groups in total. The number of aromatic nitrogens is 1. The predicted molar refractivity (Wildman–Crippen MR) is 67.9 cm³/mol. The summed E-state index contributed by atoms with van der Waals surface area (Å²) in [5, 5.41) is 1.16. The van der Waals surface area contributed by atoms with Gasteiger partial charge in [-0.05, 0) is 31.9 Å². The van der Waals surface area contributed by atoms with Crippen molar-refractivity contribution in [2.75, 3.05) is 13.6 Å². The molecule has 1 heterocycles. The Morgan fingerprint density at radius 2 is 2.19 bits per heavy atom. The van der Waals surface area contributed by atoms with Crippen molar-refractivity contribution in [1.29, 1.82) is 0 Å². The minimum absolute atomic E-state index is 0.454. The van der Waals surface area contributed by atoms with E-state index in [1.165, 1.54) is 19.3 Å². The second-order valence-electron chi connectivity index (χ2n) is 4.59. The zero-order valence-electron chi connectivity index (χ0n) is 9.42. The lowest BCUT2D eigenvalue weighted by molar-refractivity contribution is 0.200. The molecule has 0 atom stereocenters. The SMILES string of the molecule is CN(Cc1cnc(Cl)cc1Cl)CC1CCC1. The molecule has 0 bridgehead atoms. The van der Waals surface area contributed by atoms with Crippen LogP contribution in [0.5, 0.6) is 0 Å². The van der Waals surface area contributed by atoms with Gasteiger partial charge in [0, 0.05) is 29.9 Å². The number of hydrogen-bond donors (Lipinski definition) is 0. The molecule has 1 aromatic heterocycles. The largest absolute Gasteiger partial charge is 0.302 e. The first-order valence-corrected chi connectivity index (χ1v) is 6.39. The molecular weight excluding hydrogens is 243 g/mol. The molecule has 2 rings (SSSR count). The zero-order chi connectivity index (χ0) is 11.5. The number of halogens is 2. The van der Waals surface area contributed by atoms with Crippen LogP contribution in [0.3, 0.4) is 0 Å². The van der Waals surface area contributed by atoms with Crippen LogP contribution in [0, 0.1) is 5.92 Å². The van der Waals surface area contributed by atoms with E-state index in [-0.39, 0.29) is 0 Å². The molecule has 0 radical (unpaired) electrons. The topological polar surface area (TPSA) is 16.1 Å². The van der Waals surface area contributed by atoms with Crippen LogP contribution in [-0.2, 0) is 6.54 Å². The van der Waals surface area contributed by atoms with Crippen LogP contribution in [0.2, 0.25) is 10.2 Å². The van der Waals surface area contributed by atoms with Crippen LogP contribution in [0.1, 0.15) is 24.8 Å². The van der Waals surface area contributed by atoms with Crippen molar-refractivity contribution in [2.45, 2.75) is 25.8 Å². The first-order valence-electron chi connectivity index (χ1n) is 5.63. The summed E-state index contributed by atoms with van der Waals surface area (Å²) in [6, 6.07) is 1.70. The van der Waals surface area contributed by atoms with Gasteiger partial charge in [-0.2, -0.15) is 0 Å². The van der Waals surface area contributed by atoms with Crippen LogP contribution in [-0.4, -0.2) is 23.5 Å². The van der Waals surface area contributed by atoms with Gasteiger partial charge in [0.2, 0.25) is 0 Å². The summed E-state index contributed by atoms with van der Waals surface area (Å²) in [5.41, 5.74) is 1.05. The summed E-state index contributed by atoms with van der Waals surface area (Å²) in [5.74, 6) is 0.879. The van der Waals surface area contributed by atoms with E-state index < -0.39 is 0 Å². The van der Waals surface area contributed by atoms with Gasteiger partial charge in [-0.3, -0.25) is 0 Å². The first-order chi connectivity index (χ1) is 7.65. The fourth-order valence-corrected chi connectivity index (χ4v) is 2.45. The summed E-state index contributed by atoms with van der Waals surface area (Å²) in [7, 11) is 2.13. The van der Waals surface area contributed by atoms with E-state index in [1.807, 2.05) is 0 Å². The minimum Gasteiger partial charge on any atom is -0.302 e. The van der Waals surface area contributed by atoms with Crippen LogP contribution < -0.4 is 0 Å². The number of rotatable bonds is 4. The van der Waals surface area contributed by atoms with E-state index in [1.54, 1.807) is 12.3 Å². The van der Waals surface area contributed by atoms with Gasteiger partial charge in [0.1, 0.15) is 5.15 Å². The Morgan fingerprint density at radius 1 is 1.44 bits per heavy atom. The van der Waals surface area contributed by atoms with Gasteiger partial charge in [-0.25, -0.2) is 4.98 Å². The fourth-order valence-electron chi connectivity index (χ4n) is 2.02. The third-order valence-electron chi connectivity index (χ3n) is 3.13. The molecule has 88 valence electrons. The number of nitrogens with zero attached hydrogens (tertiary/aromatic N) is 2. The van der Waals surface area contributed by atoms with Crippen LogP contribution >= 0.6 is 23.2 Å². The fraction of sp³-hybridized carbons (Fsp3) is 0.583. The van der Waals surface area contributed by atoms with E-state index in [4.69, 9.17) is 23.2 Å². The van der Waals surface area contributed by atoms with E-state index in [0.717, 1.165) is 24.6 Å². The molecule has 16 heavy (non-hydrogen) atoms. The van der Waals surface area contributed by atoms with Gasteiger partial charge >= 0.3 is 0 Å². The molecule has 0 unspecified atom stereocenters. The second-order valence-corrected chi connectivity index (χ2v) is 5.39. The van der Waals surface area contributed by atoms with Gasteiger partial charge in [0.25, 0.3) is 0 Å². The van der Waals surface area contributed by atoms with Crippen molar-refractivity contribution in [1.82, 2.24) is 9.88 Å². The highest BCUT2D eigenvalue weighted by Crippen LogP contribution is 2.27. The molecule has 0 spiro atoms. The highest BCUT2D eigenvalue weighted by atomic mass is 35.5. The molecule has 0 saturated heterocycles. The van der Waals surface area contributed by atoms with Crippen molar-refractivity contribution >= 4 is 23.2 Å². The maximum absolute atomic E-state index is 6.11. The van der Waals surface area contributed by atoms with Crippen LogP contribution in [0.15, 0.2) is 12.3 Å². The second kappa shape index (κ2) is 5.35. The van der Waals surface area contributed by atoms with Crippen LogP contribution in [0.4, 0.5) is 0 Å². The predicted octanol–water partition coefficient (Wildman–Crippen LogP) is 3.62. The molecule has 1 aliphatic rings. The maximum Gasteiger partial charge on any atom is 0.130 e.